The summed E-state index contributed by atoms with van der Waals surface area (Å²) in [5.74, 6) is 0.185. The zero-order chi connectivity index (χ0) is 13.5. The van der Waals surface area contributed by atoms with E-state index in [-0.39, 0.29) is 18.4 Å². The van der Waals surface area contributed by atoms with E-state index < -0.39 is 0 Å². The van der Waals surface area contributed by atoms with Crippen LogP contribution in [0.2, 0.25) is 0 Å². The van der Waals surface area contributed by atoms with E-state index in [2.05, 4.69) is 0 Å². The Bertz CT molecular complexity index is 388. The van der Waals surface area contributed by atoms with Crippen molar-refractivity contribution in [1.82, 2.24) is 4.90 Å². The number of carbonyl (C=O) groups is 1. The fourth-order valence-electron chi connectivity index (χ4n) is 2.39. The average Bonchev–Trinajstić information content (AvgIpc) is 2.48. The third-order valence-electron chi connectivity index (χ3n) is 3.47. The number of aliphatic hydroxyl groups excluding tert-OH is 1. The molecule has 0 spiro atoms. The van der Waals surface area contributed by atoms with Gasteiger partial charge in [-0.2, -0.15) is 0 Å². The van der Waals surface area contributed by atoms with Crippen LogP contribution in [-0.4, -0.2) is 42.3 Å². The maximum absolute atomic E-state index is 12.5. The van der Waals surface area contributed by atoms with E-state index in [1.54, 1.807) is 4.90 Å². The number of benzene rings is 1. The van der Waals surface area contributed by atoms with Gasteiger partial charge < -0.3 is 14.7 Å². The zero-order valence-corrected chi connectivity index (χ0v) is 11.1. The van der Waals surface area contributed by atoms with Crippen LogP contribution in [0, 0.1) is 5.92 Å². The minimum absolute atomic E-state index is 0.00178. The SMILES string of the molecule is O=C(C1CCOCC1)N(CCO)Cc1ccccc1. The van der Waals surface area contributed by atoms with Gasteiger partial charge in [-0.15, -0.1) is 0 Å². The average molecular weight is 263 g/mol. The molecule has 4 heteroatoms. The van der Waals surface area contributed by atoms with Crippen molar-refractivity contribution in [3.63, 3.8) is 0 Å². The monoisotopic (exact) mass is 263 g/mol. The third-order valence-corrected chi connectivity index (χ3v) is 3.47. The summed E-state index contributed by atoms with van der Waals surface area (Å²) in [6.45, 7) is 2.29. The molecule has 0 aliphatic carbocycles. The maximum Gasteiger partial charge on any atom is 0.226 e. The second-order valence-corrected chi connectivity index (χ2v) is 4.86. The molecule has 0 saturated carbocycles. The van der Waals surface area contributed by atoms with E-state index in [0.717, 1.165) is 18.4 Å². The molecule has 0 radical (unpaired) electrons. The Balaban J connectivity index is 2.00. The van der Waals surface area contributed by atoms with Gasteiger partial charge in [0.05, 0.1) is 6.61 Å². The van der Waals surface area contributed by atoms with E-state index in [9.17, 15) is 4.79 Å². The second-order valence-electron chi connectivity index (χ2n) is 4.86. The quantitative estimate of drug-likeness (QED) is 0.874. The molecule has 1 aliphatic heterocycles. The molecule has 0 bridgehead atoms. The van der Waals surface area contributed by atoms with Gasteiger partial charge in [0, 0.05) is 32.2 Å². The number of rotatable bonds is 5. The van der Waals surface area contributed by atoms with E-state index in [1.165, 1.54) is 0 Å². The van der Waals surface area contributed by atoms with Crippen LogP contribution in [0.25, 0.3) is 0 Å². The van der Waals surface area contributed by atoms with E-state index in [4.69, 9.17) is 9.84 Å². The van der Waals surface area contributed by atoms with Crippen molar-refractivity contribution in [2.24, 2.45) is 5.92 Å². The lowest BCUT2D eigenvalue weighted by Gasteiger charge is -2.29. The second kappa shape index (κ2) is 7.26. The molecule has 0 unspecified atom stereocenters. The molecule has 1 fully saturated rings. The lowest BCUT2D eigenvalue weighted by Crippen LogP contribution is -2.39. The Morgan fingerprint density at radius 3 is 2.58 bits per heavy atom. The summed E-state index contributed by atoms with van der Waals surface area (Å²) >= 11 is 0. The van der Waals surface area contributed by atoms with E-state index in [0.29, 0.717) is 26.3 Å². The van der Waals surface area contributed by atoms with Crippen molar-refractivity contribution in [2.45, 2.75) is 19.4 Å². The number of nitrogens with zero attached hydrogens (tertiary/aromatic N) is 1. The molecule has 1 saturated heterocycles. The number of aliphatic hydroxyl groups is 1. The third kappa shape index (κ3) is 4.04. The lowest BCUT2D eigenvalue weighted by atomic mass is 9.98. The first-order chi connectivity index (χ1) is 9.31. The van der Waals surface area contributed by atoms with Gasteiger partial charge in [-0.3, -0.25) is 4.79 Å². The molecule has 1 aromatic rings. The first kappa shape index (κ1) is 14.0. The van der Waals surface area contributed by atoms with Crippen LogP contribution >= 0.6 is 0 Å². The van der Waals surface area contributed by atoms with Gasteiger partial charge in [0.25, 0.3) is 0 Å². The normalized spacial score (nSPS) is 16.3. The van der Waals surface area contributed by atoms with E-state index in [1.807, 2.05) is 30.3 Å². The number of hydrogen-bond acceptors (Lipinski definition) is 3. The summed E-state index contributed by atoms with van der Waals surface area (Å²) in [5, 5.41) is 9.14. The number of carbonyl (C=O) groups excluding carboxylic acids is 1. The van der Waals surface area contributed by atoms with E-state index >= 15 is 0 Å². The zero-order valence-electron chi connectivity index (χ0n) is 11.1. The first-order valence-electron chi connectivity index (χ1n) is 6.82. The van der Waals surface area contributed by atoms with Crippen LogP contribution in [0.4, 0.5) is 0 Å². The van der Waals surface area contributed by atoms with Crippen LogP contribution < -0.4 is 0 Å². The van der Waals surface area contributed by atoms with Gasteiger partial charge in [-0.05, 0) is 18.4 Å². The van der Waals surface area contributed by atoms with Crippen molar-refractivity contribution in [3.8, 4) is 0 Å². The molecular weight excluding hydrogens is 242 g/mol. The number of hydrogen-bond donors (Lipinski definition) is 1. The smallest absolute Gasteiger partial charge is 0.226 e. The number of amides is 1. The predicted octanol–water partition coefficient (Wildman–Crippen LogP) is 1.43. The molecule has 1 heterocycles. The summed E-state index contributed by atoms with van der Waals surface area (Å²) in [6, 6.07) is 9.89. The minimum Gasteiger partial charge on any atom is -0.395 e. The van der Waals surface area contributed by atoms with Gasteiger partial charge in [-0.25, -0.2) is 0 Å². The standard InChI is InChI=1S/C15H21NO3/c17-9-8-16(12-13-4-2-1-3-5-13)15(18)14-6-10-19-11-7-14/h1-5,14,17H,6-12H2. The van der Waals surface area contributed by atoms with Crippen LogP contribution in [0.15, 0.2) is 30.3 Å². The highest BCUT2D eigenvalue weighted by Gasteiger charge is 2.26. The Hall–Kier alpha value is -1.39. The fraction of sp³-hybridized carbons (Fsp3) is 0.533. The highest BCUT2D eigenvalue weighted by molar-refractivity contribution is 5.79. The van der Waals surface area contributed by atoms with Crippen molar-refractivity contribution >= 4 is 5.91 Å². The molecule has 1 amide bonds. The summed E-state index contributed by atoms with van der Waals surface area (Å²) < 4.78 is 5.29. The highest BCUT2D eigenvalue weighted by Crippen LogP contribution is 2.18. The molecule has 4 nitrogen and oxygen atoms in total. The highest BCUT2D eigenvalue weighted by atomic mass is 16.5. The van der Waals surface area contributed by atoms with Gasteiger partial charge in [0.2, 0.25) is 5.91 Å². The Morgan fingerprint density at radius 1 is 1.26 bits per heavy atom. The lowest BCUT2D eigenvalue weighted by molar-refractivity contribution is -0.139. The molecular formula is C15H21NO3. The molecule has 0 aromatic heterocycles. The Labute approximate surface area is 114 Å². The number of ether oxygens (including phenoxy) is 1. The minimum atomic E-state index is 0.00178. The molecule has 1 aliphatic rings. The van der Waals surface area contributed by atoms with Crippen molar-refractivity contribution in [3.05, 3.63) is 35.9 Å². The summed E-state index contributed by atoms with van der Waals surface area (Å²) in [6.07, 6.45) is 1.57. The van der Waals surface area contributed by atoms with Crippen LogP contribution in [-0.2, 0) is 16.1 Å². The van der Waals surface area contributed by atoms with Crippen LogP contribution in [0.1, 0.15) is 18.4 Å². The van der Waals surface area contributed by atoms with Crippen LogP contribution in [0.5, 0.6) is 0 Å². The van der Waals surface area contributed by atoms with Crippen molar-refractivity contribution < 1.29 is 14.6 Å². The van der Waals surface area contributed by atoms with Gasteiger partial charge in [0.15, 0.2) is 0 Å². The molecule has 1 N–H and O–H groups in total. The molecule has 104 valence electrons. The van der Waals surface area contributed by atoms with Crippen molar-refractivity contribution in [2.75, 3.05) is 26.4 Å². The maximum atomic E-state index is 12.5. The first-order valence-corrected chi connectivity index (χ1v) is 6.82. The molecule has 2 rings (SSSR count). The Morgan fingerprint density at radius 2 is 1.95 bits per heavy atom. The predicted molar refractivity (Wildman–Crippen MR) is 72.5 cm³/mol. The summed E-state index contributed by atoms with van der Waals surface area (Å²) in [4.78, 5) is 14.2. The molecule has 19 heavy (non-hydrogen) atoms. The van der Waals surface area contributed by atoms with Crippen molar-refractivity contribution in [1.29, 1.82) is 0 Å². The van der Waals surface area contributed by atoms with Gasteiger partial charge >= 0.3 is 0 Å². The fourth-order valence-corrected chi connectivity index (χ4v) is 2.39. The summed E-state index contributed by atoms with van der Waals surface area (Å²) in [5.41, 5.74) is 1.09. The van der Waals surface area contributed by atoms with Gasteiger partial charge in [0.1, 0.15) is 0 Å². The molecule has 0 atom stereocenters. The Kier molecular flexibility index (Phi) is 5.36. The summed E-state index contributed by atoms with van der Waals surface area (Å²) in [7, 11) is 0. The van der Waals surface area contributed by atoms with Gasteiger partial charge in [-0.1, -0.05) is 30.3 Å². The largest absolute Gasteiger partial charge is 0.395 e. The van der Waals surface area contributed by atoms with Crippen LogP contribution in [0.3, 0.4) is 0 Å². The topological polar surface area (TPSA) is 49.8 Å². The molecule has 1 aromatic carbocycles.